The van der Waals surface area contributed by atoms with Gasteiger partial charge in [-0.2, -0.15) is 0 Å². The molecule has 1 saturated carbocycles. The second-order valence-corrected chi connectivity index (χ2v) is 5.56. The van der Waals surface area contributed by atoms with Gasteiger partial charge in [0.1, 0.15) is 5.60 Å². The fourth-order valence-electron chi connectivity index (χ4n) is 1.37. The second kappa shape index (κ2) is 5.53. The Labute approximate surface area is 98.1 Å². The smallest absolute Gasteiger partial charge is 0.407 e. The fraction of sp³-hybridized carbons (Fsp3) is 0.917. The van der Waals surface area contributed by atoms with E-state index in [0.717, 1.165) is 19.0 Å². The van der Waals surface area contributed by atoms with Gasteiger partial charge in [-0.25, -0.2) is 4.79 Å². The summed E-state index contributed by atoms with van der Waals surface area (Å²) >= 11 is 0. The van der Waals surface area contributed by atoms with Crippen molar-refractivity contribution in [3.05, 3.63) is 0 Å². The lowest BCUT2D eigenvalue weighted by Gasteiger charge is -2.22. The number of alkyl carbamates (subject to hydrolysis) is 1. The lowest BCUT2D eigenvalue weighted by molar-refractivity contribution is 0.0506. The van der Waals surface area contributed by atoms with E-state index in [2.05, 4.69) is 10.6 Å². The average Bonchev–Trinajstić information content (AvgIpc) is 2.83. The third-order valence-electron chi connectivity index (χ3n) is 2.35. The van der Waals surface area contributed by atoms with Crippen LogP contribution in [0, 0.1) is 0 Å². The van der Waals surface area contributed by atoms with Crippen LogP contribution in [0.4, 0.5) is 4.79 Å². The Morgan fingerprint density at radius 1 is 1.44 bits per heavy atom. The zero-order chi connectivity index (χ0) is 12.2. The second-order valence-electron chi connectivity index (χ2n) is 5.56. The van der Waals surface area contributed by atoms with Gasteiger partial charge < -0.3 is 15.4 Å². The summed E-state index contributed by atoms with van der Waals surface area (Å²) in [5.74, 6) is 0. The zero-order valence-electron chi connectivity index (χ0n) is 10.8. The van der Waals surface area contributed by atoms with Crippen molar-refractivity contribution in [2.45, 2.75) is 64.6 Å². The number of nitrogens with one attached hydrogen (secondary N) is 2. The van der Waals surface area contributed by atoms with Crippen LogP contribution < -0.4 is 10.6 Å². The van der Waals surface area contributed by atoms with Gasteiger partial charge in [0.05, 0.1) is 0 Å². The van der Waals surface area contributed by atoms with E-state index in [1.165, 1.54) is 12.8 Å². The summed E-state index contributed by atoms with van der Waals surface area (Å²) in [6, 6.07) is 0.884. The van der Waals surface area contributed by atoms with Crippen LogP contribution >= 0.6 is 0 Å². The van der Waals surface area contributed by atoms with Crippen LogP contribution in [0.5, 0.6) is 0 Å². The van der Waals surface area contributed by atoms with Crippen molar-refractivity contribution in [3.63, 3.8) is 0 Å². The largest absolute Gasteiger partial charge is 0.444 e. The van der Waals surface area contributed by atoms with E-state index in [4.69, 9.17) is 4.74 Å². The molecule has 1 rings (SSSR count). The maximum Gasteiger partial charge on any atom is 0.407 e. The van der Waals surface area contributed by atoms with E-state index >= 15 is 0 Å². The number of hydrogen-bond acceptors (Lipinski definition) is 3. The van der Waals surface area contributed by atoms with Crippen molar-refractivity contribution < 1.29 is 9.53 Å². The van der Waals surface area contributed by atoms with E-state index in [1.807, 2.05) is 27.7 Å². The Kier molecular flexibility index (Phi) is 4.59. The minimum Gasteiger partial charge on any atom is -0.444 e. The molecule has 0 bridgehead atoms. The number of amides is 1. The first-order valence-corrected chi connectivity index (χ1v) is 6.10. The molecule has 0 aromatic heterocycles. The number of carbonyl (C=O) groups excluding carboxylic acids is 1. The van der Waals surface area contributed by atoms with E-state index in [-0.39, 0.29) is 12.1 Å². The molecular weight excluding hydrogens is 204 g/mol. The van der Waals surface area contributed by atoms with Crippen LogP contribution in [-0.4, -0.2) is 30.3 Å². The highest BCUT2D eigenvalue weighted by Gasteiger charge is 2.21. The van der Waals surface area contributed by atoms with Crippen LogP contribution in [0.1, 0.15) is 47.0 Å². The molecule has 1 atom stereocenters. The Morgan fingerprint density at radius 2 is 2.06 bits per heavy atom. The predicted octanol–water partition coefficient (Wildman–Crippen LogP) is 2.04. The molecular formula is C12H24N2O2. The normalized spacial score (nSPS) is 18.0. The van der Waals surface area contributed by atoms with Gasteiger partial charge in [-0.05, 0) is 53.5 Å². The fourth-order valence-corrected chi connectivity index (χ4v) is 1.37. The van der Waals surface area contributed by atoms with Crippen LogP contribution in [0.25, 0.3) is 0 Å². The monoisotopic (exact) mass is 228 g/mol. The highest BCUT2D eigenvalue weighted by atomic mass is 16.6. The molecule has 0 unspecified atom stereocenters. The van der Waals surface area contributed by atoms with Crippen molar-refractivity contribution in [1.29, 1.82) is 0 Å². The Balaban J connectivity index is 2.07. The maximum atomic E-state index is 11.4. The van der Waals surface area contributed by atoms with Crippen LogP contribution in [0.15, 0.2) is 0 Å². The van der Waals surface area contributed by atoms with E-state index in [1.54, 1.807) is 0 Å². The summed E-state index contributed by atoms with van der Waals surface area (Å²) in [6.07, 6.45) is 3.21. The summed E-state index contributed by atoms with van der Waals surface area (Å²) in [4.78, 5) is 11.4. The minimum absolute atomic E-state index is 0.154. The minimum atomic E-state index is -0.421. The summed E-state index contributed by atoms with van der Waals surface area (Å²) in [5, 5.41) is 6.25. The molecule has 1 aliphatic rings. The quantitative estimate of drug-likeness (QED) is 0.757. The molecule has 1 fully saturated rings. The van der Waals surface area contributed by atoms with Crippen LogP contribution in [0.2, 0.25) is 0 Å². The molecule has 0 aliphatic heterocycles. The number of rotatable bonds is 5. The highest BCUT2D eigenvalue weighted by molar-refractivity contribution is 5.67. The summed E-state index contributed by atoms with van der Waals surface area (Å²) < 4.78 is 5.18. The predicted molar refractivity (Wildman–Crippen MR) is 64.5 cm³/mol. The van der Waals surface area contributed by atoms with Gasteiger partial charge in [0.25, 0.3) is 0 Å². The van der Waals surface area contributed by atoms with Crippen molar-refractivity contribution in [2.24, 2.45) is 0 Å². The van der Waals surface area contributed by atoms with Crippen LogP contribution in [0.3, 0.4) is 0 Å². The van der Waals surface area contributed by atoms with Gasteiger partial charge in [0, 0.05) is 12.1 Å². The molecule has 16 heavy (non-hydrogen) atoms. The van der Waals surface area contributed by atoms with Crippen molar-refractivity contribution >= 4 is 6.09 Å². The zero-order valence-corrected chi connectivity index (χ0v) is 10.8. The molecule has 0 heterocycles. The lowest BCUT2D eigenvalue weighted by Crippen LogP contribution is -2.39. The molecule has 2 N–H and O–H groups in total. The topological polar surface area (TPSA) is 50.4 Å². The molecule has 94 valence electrons. The first-order valence-electron chi connectivity index (χ1n) is 6.10. The van der Waals surface area contributed by atoms with Gasteiger partial charge >= 0.3 is 6.09 Å². The van der Waals surface area contributed by atoms with Gasteiger partial charge in [-0.1, -0.05) is 0 Å². The third-order valence-corrected chi connectivity index (χ3v) is 2.35. The molecule has 4 heteroatoms. The van der Waals surface area contributed by atoms with Gasteiger partial charge in [-0.15, -0.1) is 0 Å². The molecule has 0 spiro atoms. The van der Waals surface area contributed by atoms with Crippen molar-refractivity contribution in [1.82, 2.24) is 10.6 Å². The van der Waals surface area contributed by atoms with Crippen molar-refractivity contribution in [3.8, 4) is 0 Å². The van der Waals surface area contributed by atoms with E-state index in [9.17, 15) is 4.79 Å². The summed E-state index contributed by atoms with van der Waals surface area (Å²) in [6.45, 7) is 8.56. The average molecular weight is 228 g/mol. The highest BCUT2D eigenvalue weighted by Crippen LogP contribution is 2.18. The molecule has 1 amide bonds. The molecule has 1 aliphatic carbocycles. The van der Waals surface area contributed by atoms with Gasteiger partial charge in [0.15, 0.2) is 0 Å². The Bertz CT molecular complexity index is 232. The lowest BCUT2D eigenvalue weighted by atomic mass is 10.2. The van der Waals surface area contributed by atoms with Crippen LogP contribution in [-0.2, 0) is 4.74 Å². The van der Waals surface area contributed by atoms with Crippen molar-refractivity contribution in [2.75, 3.05) is 6.54 Å². The first kappa shape index (κ1) is 13.3. The molecule has 0 saturated heterocycles. The molecule has 0 aromatic rings. The van der Waals surface area contributed by atoms with Gasteiger partial charge in [-0.3, -0.25) is 0 Å². The molecule has 4 nitrogen and oxygen atoms in total. The SMILES string of the molecule is C[C@H](CCNC1CC1)NC(=O)OC(C)(C)C. The van der Waals surface area contributed by atoms with E-state index in [0.29, 0.717) is 0 Å². The Morgan fingerprint density at radius 3 is 2.56 bits per heavy atom. The number of hydrogen-bond donors (Lipinski definition) is 2. The number of carbonyl (C=O) groups is 1. The van der Waals surface area contributed by atoms with Gasteiger partial charge in [0.2, 0.25) is 0 Å². The third kappa shape index (κ3) is 6.67. The Hall–Kier alpha value is -0.770. The van der Waals surface area contributed by atoms with E-state index < -0.39 is 5.60 Å². The summed E-state index contributed by atoms with van der Waals surface area (Å²) in [7, 11) is 0. The standard InChI is InChI=1S/C12H24N2O2/c1-9(7-8-13-10-5-6-10)14-11(15)16-12(2,3)4/h9-10,13H,5-8H2,1-4H3,(H,14,15)/t9-/m1/s1. The first-order chi connectivity index (χ1) is 7.37. The molecule has 0 aromatic carbocycles. The number of ether oxygens (including phenoxy) is 1. The summed E-state index contributed by atoms with van der Waals surface area (Å²) in [5.41, 5.74) is -0.421. The maximum absolute atomic E-state index is 11.4. The molecule has 0 radical (unpaired) electrons.